The number of carboxylic acid groups (broad SMARTS) is 1. The second kappa shape index (κ2) is 4.64. The molecule has 1 amide bonds. The highest BCUT2D eigenvalue weighted by Gasteiger charge is 2.55. The number of carbonyl (C=O) groups excluding carboxylic acids is 1. The fourth-order valence-corrected chi connectivity index (χ4v) is 2.75. The third kappa shape index (κ3) is 2.29. The van der Waals surface area contributed by atoms with Gasteiger partial charge in [0.25, 0.3) is 0 Å². The summed E-state index contributed by atoms with van der Waals surface area (Å²) in [5, 5.41) is 12.0. The maximum Gasteiger partial charge on any atom is 0.310 e. The van der Waals surface area contributed by atoms with Crippen LogP contribution in [-0.2, 0) is 14.3 Å². The Hall–Kier alpha value is -1.10. The Kier molecular flexibility index (Phi) is 3.38. The van der Waals surface area contributed by atoms with Gasteiger partial charge in [-0.2, -0.15) is 0 Å². The monoisotopic (exact) mass is 241 g/mol. The minimum Gasteiger partial charge on any atom is -0.481 e. The first-order valence-corrected chi connectivity index (χ1v) is 6.16. The predicted molar refractivity (Wildman–Crippen MR) is 60.4 cm³/mol. The summed E-state index contributed by atoms with van der Waals surface area (Å²) in [5.41, 5.74) is 0. The standard InChI is InChI=1S/C12H19NO4/c1-6(2)5-13-11(14)9-7-3-4-8(17-7)10(9)12(15)16/h6-10H,3-5H2,1-2H3,(H,13,14)(H,15,16)/t7-,8-,9-,10-/m1/s1. The lowest BCUT2D eigenvalue weighted by Crippen LogP contribution is -2.44. The van der Waals surface area contributed by atoms with E-state index < -0.39 is 17.8 Å². The lowest BCUT2D eigenvalue weighted by atomic mass is 9.78. The zero-order valence-corrected chi connectivity index (χ0v) is 10.2. The number of nitrogens with one attached hydrogen (secondary N) is 1. The van der Waals surface area contributed by atoms with E-state index in [1.54, 1.807) is 0 Å². The van der Waals surface area contributed by atoms with Gasteiger partial charge < -0.3 is 15.2 Å². The predicted octanol–water partition coefficient (Wildman–Crippen LogP) is 0.637. The van der Waals surface area contributed by atoms with Crippen LogP contribution >= 0.6 is 0 Å². The molecule has 2 rings (SSSR count). The maximum absolute atomic E-state index is 12.0. The molecule has 0 aliphatic carbocycles. The van der Waals surface area contributed by atoms with Crippen LogP contribution in [0, 0.1) is 17.8 Å². The highest BCUT2D eigenvalue weighted by Crippen LogP contribution is 2.43. The molecule has 17 heavy (non-hydrogen) atoms. The van der Waals surface area contributed by atoms with Crippen molar-refractivity contribution in [3.05, 3.63) is 0 Å². The molecule has 0 radical (unpaired) electrons. The molecule has 5 nitrogen and oxygen atoms in total. The Morgan fingerprint density at radius 3 is 2.41 bits per heavy atom. The summed E-state index contributed by atoms with van der Waals surface area (Å²) in [6.07, 6.45) is 1.09. The molecule has 2 N–H and O–H groups in total. The van der Waals surface area contributed by atoms with Gasteiger partial charge in [-0.3, -0.25) is 9.59 Å². The van der Waals surface area contributed by atoms with Crippen LogP contribution in [-0.4, -0.2) is 35.7 Å². The molecule has 0 aromatic heterocycles. The van der Waals surface area contributed by atoms with Crippen LogP contribution in [0.4, 0.5) is 0 Å². The Bertz CT molecular complexity index is 328. The zero-order chi connectivity index (χ0) is 12.6. The van der Waals surface area contributed by atoms with Crippen molar-refractivity contribution in [1.82, 2.24) is 5.32 Å². The number of hydrogen-bond donors (Lipinski definition) is 2. The molecule has 2 fully saturated rings. The van der Waals surface area contributed by atoms with Crippen molar-refractivity contribution in [3.63, 3.8) is 0 Å². The number of rotatable bonds is 4. The van der Waals surface area contributed by atoms with Gasteiger partial charge in [-0.15, -0.1) is 0 Å². The zero-order valence-electron chi connectivity index (χ0n) is 10.2. The quantitative estimate of drug-likeness (QED) is 0.757. The van der Waals surface area contributed by atoms with Crippen LogP contribution in [0.25, 0.3) is 0 Å². The van der Waals surface area contributed by atoms with E-state index in [0.717, 1.165) is 12.8 Å². The Labute approximate surface area is 101 Å². The highest BCUT2D eigenvalue weighted by atomic mass is 16.5. The van der Waals surface area contributed by atoms with Crippen molar-refractivity contribution >= 4 is 11.9 Å². The SMILES string of the molecule is CC(C)CNC(=O)[C@H]1[C@H](C(=O)O)[C@H]2CC[C@H]1O2. The summed E-state index contributed by atoms with van der Waals surface area (Å²) in [6.45, 7) is 4.59. The van der Waals surface area contributed by atoms with Crippen LogP contribution in [0.2, 0.25) is 0 Å². The molecule has 0 spiro atoms. The molecule has 2 saturated heterocycles. The van der Waals surface area contributed by atoms with E-state index in [9.17, 15) is 14.7 Å². The molecule has 2 bridgehead atoms. The Morgan fingerprint density at radius 1 is 1.29 bits per heavy atom. The van der Waals surface area contributed by atoms with Crippen LogP contribution in [0.1, 0.15) is 26.7 Å². The van der Waals surface area contributed by atoms with E-state index in [1.807, 2.05) is 13.8 Å². The fraction of sp³-hybridized carbons (Fsp3) is 0.833. The molecule has 5 heteroatoms. The average molecular weight is 241 g/mol. The normalized spacial score (nSPS) is 35.2. The van der Waals surface area contributed by atoms with Gasteiger partial charge in [-0.1, -0.05) is 13.8 Å². The molecule has 2 aliphatic rings. The lowest BCUT2D eigenvalue weighted by molar-refractivity contribution is -0.147. The van der Waals surface area contributed by atoms with Gasteiger partial charge in [0.1, 0.15) is 0 Å². The minimum absolute atomic E-state index is 0.168. The largest absolute Gasteiger partial charge is 0.481 e. The van der Waals surface area contributed by atoms with Crippen molar-refractivity contribution in [2.75, 3.05) is 6.54 Å². The number of fused-ring (bicyclic) bond motifs is 2. The van der Waals surface area contributed by atoms with Gasteiger partial charge in [0.2, 0.25) is 5.91 Å². The first-order chi connectivity index (χ1) is 8.00. The van der Waals surface area contributed by atoms with Crippen LogP contribution in [0.15, 0.2) is 0 Å². The van der Waals surface area contributed by atoms with Crippen LogP contribution < -0.4 is 5.32 Å². The molecule has 0 unspecified atom stereocenters. The molecule has 96 valence electrons. The van der Waals surface area contributed by atoms with Gasteiger partial charge in [0.15, 0.2) is 0 Å². The summed E-state index contributed by atoms with van der Waals surface area (Å²) >= 11 is 0. The van der Waals surface area contributed by atoms with E-state index >= 15 is 0 Å². The number of hydrogen-bond acceptors (Lipinski definition) is 3. The van der Waals surface area contributed by atoms with Crippen molar-refractivity contribution < 1.29 is 19.4 Å². The van der Waals surface area contributed by atoms with E-state index in [4.69, 9.17) is 4.74 Å². The molecule has 0 aromatic carbocycles. The first kappa shape index (κ1) is 12.4. The third-order valence-corrected chi connectivity index (χ3v) is 3.55. The van der Waals surface area contributed by atoms with Gasteiger partial charge in [-0.05, 0) is 18.8 Å². The summed E-state index contributed by atoms with van der Waals surface area (Å²) < 4.78 is 5.55. The molecular weight excluding hydrogens is 222 g/mol. The van der Waals surface area contributed by atoms with Crippen molar-refractivity contribution in [3.8, 4) is 0 Å². The van der Waals surface area contributed by atoms with Crippen molar-refractivity contribution in [1.29, 1.82) is 0 Å². The second-order valence-corrected chi connectivity index (χ2v) is 5.32. The number of carboxylic acids is 1. The van der Waals surface area contributed by atoms with Gasteiger partial charge in [0, 0.05) is 6.54 Å². The van der Waals surface area contributed by atoms with Crippen LogP contribution in [0.3, 0.4) is 0 Å². The Morgan fingerprint density at radius 2 is 1.88 bits per heavy atom. The van der Waals surface area contributed by atoms with Gasteiger partial charge >= 0.3 is 5.97 Å². The van der Waals surface area contributed by atoms with E-state index in [2.05, 4.69) is 5.32 Å². The van der Waals surface area contributed by atoms with Gasteiger partial charge in [-0.25, -0.2) is 0 Å². The molecule has 0 saturated carbocycles. The summed E-state index contributed by atoms with van der Waals surface area (Å²) in [4.78, 5) is 23.2. The topological polar surface area (TPSA) is 75.6 Å². The number of aliphatic carboxylic acids is 1. The molecule has 0 aromatic rings. The fourth-order valence-electron chi connectivity index (χ4n) is 2.75. The summed E-state index contributed by atoms with van der Waals surface area (Å²) in [7, 11) is 0. The number of carbonyl (C=O) groups is 2. The van der Waals surface area contributed by atoms with Crippen molar-refractivity contribution in [2.24, 2.45) is 17.8 Å². The minimum atomic E-state index is -0.915. The average Bonchev–Trinajstić information content (AvgIpc) is 2.84. The van der Waals surface area contributed by atoms with E-state index in [-0.39, 0.29) is 18.1 Å². The Balaban J connectivity index is 2.03. The van der Waals surface area contributed by atoms with Gasteiger partial charge in [0.05, 0.1) is 24.0 Å². The molecule has 2 aliphatic heterocycles. The molecule has 2 heterocycles. The van der Waals surface area contributed by atoms with E-state index in [1.165, 1.54) is 0 Å². The maximum atomic E-state index is 12.0. The smallest absolute Gasteiger partial charge is 0.310 e. The van der Waals surface area contributed by atoms with Crippen molar-refractivity contribution in [2.45, 2.75) is 38.9 Å². The van der Waals surface area contributed by atoms with Crippen LogP contribution in [0.5, 0.6) is 0 Å². The summed E-state index contributed by atoms with van der Waals surface area (Å²) in [5.74, 6) is -1.90. The number of amides is 1. The molecular formula is C12H19NO4. The number of ether oxygens (including phenoxy) is 1. The molecule has 4 atom stereocenters. The lowest BCUT2D eigenvalue weighted by Gasteiger charge is -2.24. The third-order valence-electron chi connectivity index (χ3n) is 3.55. The van der Waals surface area contributed by atoms with E-state index in [0.29, 0.717) is 12.5 Å². The highest BCUT2D eigenvalue weighted by molar-refractivity contribution is 5.86. The second-order valence-electron chi connectivity index (χ2n) is 5.32. The first-order valence-electron chi connectivity index (χ1n) is 6.16. The summed E-state index contributed by atoms with van der Waals surface area (Å²) in [6, 6.07) is 0.